The molecule has 1 aromatic heterocycles. The van der Waals surface area contributed by atoms with E-state index in [9.17, 15) is 9.59 Å². The van der Waals surface area contributed by atoms with E-state index in [0.717, 1.165) is 29.8 Å². The van der Waals surface area contributed by atoms with E-state index >= 15 is 0 Å². The Balaban J connectivity index is 1.45. The first-order valence-corrected chi connectivity index (χ1v) is 10.5. The van der Waals surface area contributed by atoms with Crippen LogP contribution in [0.1, 0.15) is 30.1 Å². The van der Waals surface area contributed by atoms with Crippen molar-refractivity contribution in [3.05, 3.63) is 60.2 Å². The van der Waals surface area contributed by atoms with Crippen molar-refractivity contribution in [1.82, 2.24) is 4.98 Å². The normalized spacial score (nSPS) is 16.2. The van der Waals surface area contributed by atoms with Crippen LogP contribution in [-0.4, -0.2) is 36.5 Å². The SMILES string of the molecule is CC1CCCN(c2ccc3cccc(OCC(=O)Nc4ccc(C(N)=O)cc4)c3n2)C1. The molecule has 4 rings (SSSR count). The molecule has 1 saturated heterocycles. The molecule has 0 saturated carbocycles. The molecule has 31 heavy (non-hydrogen) atoms. The van der Waals surface area contributed by atoms with Crippen LogP contribution in [0.25, 0.3) is 10.9 Å². The summed E-state index contributed by atoms with van der Waals surface area (Å²) in [6.45, 7) is 4.12. The predicted octanol–water partition coefficient (Wildman–Crippen LogP) is 3.59. The zero-order valence-electron chi connectivity index (χ0n) is 17.5. The first-order valence-electron chi connectivity index (χ1n) is 10.5. The summed E-state index contributed by atoms with van der Waals surface area (Å²) >= 11 is 0. The molecule has 0 spiro atoms. The maximum Gasteiger partial charge on any atom is 0.262 e. The number of aromatic nitrogens is 1. The van der Waals surface area contributed by atoms with Crippen LogP contribution >= 0.6 is 0 Å². The third kappa shape index (κ3) is 4.94. The van der Waals surface area contributed by atoms with Crippen molar-refractivity contribution in [2.45, 2.75) is 19.8 Å². The second kappa shape index (κ2) is 9.04. The zero-order valence-corrected chi connectivity index (χ0v) is 17.5. The summed E-state index contributed by atoms with van der Waals surface area (Å²) in [5.41, 5.74) is 6.93. The molecule has 2 aromatic carbocycles. The number of amides is 2. The van der Waals surface area contributed by atoms with E-state index in [4.69, 9.17) is 15.5 Å². The van der Waals surface area contributed by atoms with Gasteiger partial charge in [-0.15, -0.1) is 0 Å². The van der Waals surface area contributed by atoms with Gasteiger partial charge in [0.15, 0.2) is 6.61 Å². The third-order valence-electron chi connectivity index (χ3n) is 5.46. The van der Waals surface area contributed by atoms with Crippen LogP contribution in [-0.2, 0) is 4.79 Å². The Bertz CT molecular complexity index is 1100. The molecule has 1 fully saturated rings. The van der Waals surface area contributed by atoms with Crippen LogP contribution < -0.4 is 20.7 Å². The van der Waals surface area contributed by atoms with Gasteiger partial charge < -0.3 is 20.7 Å². The molecule has 2 amide bonds. The summed E-state index contributed by atoms with van der Waals surface area (Å²) in [4.78, 5) is 30.6. The molecule has 1 aliphatic rings. The Morgan fingerprint density at radius 2 is 1.97 bits per heavy atom. The highest BCUT2D eigenvalue weighted by atomic mass is 16.5. The molecular weight excluding hydrogens is 392 g/mol. The second-order valence-electron chi connectivity index (χ2n) is 7.97. The largest absolute Gasteiger partial charge is 0.481 e. The summed E-state index contributed by atoms with van der Waals surface area (Å²) in [6.07, 6.45) is 2.42. The summed E-state index contributed by atoms with van der Waals surface area (Å²) in [7, 11) is 0. The first-order chi connectivity index (χ1) is 15.0. The summed E-state index contributed by atoms with van der Waals surface area (Å²) in [5.74, 6) is 1.35. The van der Waals surface area contributed by atoms with E-state index in [1.165, 1.54) is 12.8 Å². The van der Waals surface area contributed by atoms with Gasteiger partial charge >= 0.3 is 0 Å². The molecule has 1 aliphatic heterocycles. The summed E-state index contributed by atoms with van der Waals surface area (Å²) in [5, 5.41) is 3.72. The number of carbonyl (C=O) groups excluding carboxylic acids is 2. The van der Waals surface area contributed by atoms with Crippen molar-refractivity contribution in [3.8, 4) is 5.75 Å². The van der Waals surface area contributed by atoms with Crippen molar-refractivity contribution >= 4 is 34.2 Å². The second-order valence-corrected chi connectivity index (χ2v) is 7.97. The van der Waals surface area contributed by atoms with Gasteiger partial charge in [-0.05, 0) is 61.2 Å². The molecule has 2 heterocycles. The molecule has 1 atom stereocenters. The number of fused-ring (bicyclic) bond motifs is 1. The average Bonchev–Trinajstić information content (AvgIpc) is 2.77. The monoisotopic (exact) mass is 418 g/mol. The summed E-state index contributed by atoms with van der Waals surface area (Å²) < 4.78 is 5.81. The lowest BCUT2D eigenvalue weighted by molar-refractivity contribution is -0.118. The van der Waals surface area contributed by atoms with Crippen molar-refractivity contribution in [2.24, 2.45) is 11.7 Å². The molecule has 3 aromatic rings. The molecule has 7 heteroatoms. The van der Waals surface area contributed by atoms with Gasteiger partial charge in [-0.3, -0.25) is 9.59 Å². The highest BCUT2D eigenvalue weighted by Gasteiger charge is 2.18. The van der Waals surface area contributed by atoms with E-state index < -0.39 is 5.91 Å². The number of ether oxygens (including phenoxy) is 1. The minimum absolute atomic E-state index is 0.149. The van der Waals surface area contributed by atoms with Gasteiger partial charge in [-0.25, -0.2) is 4.98 Å². The van der Waals surface area contributed by atoms with Gasteiger partial charge in [0.25, 0.3) is 5.91 Å². The number of piperidine rings is 1. The van der Waals surface area contributed by atoms with E-state index in [0.29, 0.717) is 22.9 Å². The van der Waals surface area contributed by atoms with Crippen LogP contribution in [0.4, 0.5) is 11.5 Å². The number of pyridine rings is 1. The number of rotatable bonds is 6. The number of primary amides is 1. The molecule has 7 nitrogen and oxygen atoms in total. The topological polar surface area (TPSA) is 97.5 Å². The predicted molar refractivity (Wildman–Crippen MR) is 121 cm³/mol. The number of nitrogens with two attached hydrogens (primary N) is 1. The molecule has 0 bridgehead atoms. The number of hydrogen-bond acceptors (Lipinski definition) is 5. The van der Waals surface area contributed by atoms with Gasteiger partial charge in [0.05, 0.1) is 0 Å². The number of hydrogen-bond donors (Lipinski definition) is 2. The van der Waals surface area contributed by atoms with Crippen molar-refractivity contribution < 1.29 is 14.3 Å². The van der Waals surface area contributed by atoms with Crippen LogP contribution in [0.3, 0.4) is 0 Å². The molecule has 0 aliphatic carbocycles. The smallest absolute Gasteiger partial charge is 0.262 e. The molecular formula is C24H26N4O3. The lowest BCUT2D eigenvalue weighted by Crippen LogP contribution is -2.34. The lowest BCUT2D eigenvalue weighted by Gasteiger charge is -2.32. The first kappa shape index (κ1) is 20.7. The van der Waals surface area contributed by atoms with Crippen LogP contribution in [0.15, 0.2) is 54.6 Å². The Morgan fingerprint density at radius 3 is 2.71 bits per heavy atom. The Labute approximate surface area is 181 Å². The standard InChI is InChI=1S/C24H26N4O3/c1-16-4-3-13-28(14-16)21-12-9-17-5-2-6-20(23(17)27-21)31-15-22(29)26-19-10-7-18(8-11-19)24(25)30/h2,5-12,16H,3-4,13-15H2,1H3,(H2,25,30)(H,26,29). The van der Waals surface area contributed by atoms with Crippen molar-refractivity contribution in [3.63, 3.8) is 0 Å². The molecule has 3 N–H and O–H groups in total. The zero-order chi connectivity index (χ0) is 21.8. The van der Waals surface area contributed by atoms with E-state index in [-0.39, 0.29) is 12.5 Å². The van der Waals surface area contributed by atoms with Crippen molar-refractivity contribution in [2.75, 3.05) is 29.9 Å². The average molecular weight is 418 g/mol. The van der Waals surface area contributed by atoms with Gasteiger partial charge in [0, 0.05) is 29.7 Å². The van der Waals surface area contributed by atoms with Crippen molar-refractivity contribution in [1.29, 1.82) is 0 Å². The van der Waals surface area contributed by atoms with Gasteiger partial charge in [0.1, 0.15) is 17.1 Å². The Kier molecular flexibility index (Phi) is 6.02. The van der Waals surface area contributed by atoms with E-state index in [1.807, 2.05) is 30.3 Å². The maximum atomic E-state index is 12.3. The fourth-order valence-corrected chi connectivity index (χ4v) is 3.86. The molecule has 1 unspecified atom stereocenters. The third-order valence-corrected chi connectivity index (χ3v) is 5.46. The van der Waals surface area contributed by atoms with E-state index in [1.54, 1.807) is 24.3 Å². The lowest BCUT2D eigenvalue weighted by atomic mass is 10.0. The number of benzene rings is 2. The number of para-hydroxylation sites is 1. The number of carbonyl (C=O) groups is 2. The number of nitrogens with zero attached hydrogens (tertiary/aromatic N) is 2. The van der Waals surface area contributed by atoms with E-state index in [2.05, 4.69) is 17.1 Å². The van der Waals surface area contributed by atoms with Gasteiger partial charge in [-0.2, -0.15) is 0 Å². The minimum Gasteiger partial charge on any atom is -0.481 e. The molecule has 160 valence electrons. The quantitative estimate of drug-likeness (QED) is 0.638. The highest BCUT2D eigenvalue weighted by Crippen LogP contribution is 2.28. The summed E-state index contributed by atoms with van der Waals surface area (Å²) in [6, 6.07) is 16.2. The minimum atomic E-state index is -0.511. The Morgan fingerprint density at radius 1 is 1.16 bits per heavy atom. The van der Waals surface area contributed by atoms with Gasteiger partial charge in [-0.1, -0.05) is 19.1 Å². The molecule has 0 radical (unpaired) electrons. The maximum absolute atomic E-state index is 12.3. The van der Waals surface area contributed by atoms with Gasteiger partial charge in [0.2, 0.25) is 5.91 Å². The van der Waals surface area contributed by atoms with Crippen LogP contribution in [0.5, 0.6) is 5.75 Å². The van der Waals surface area contributed by atoms with Crippen LogP contribution in [0, 0.1) is 5.92 Å². The fraction of sp³-hybridized carbons (Fsp3) is 0.292. The fourth-order valence-electron chi connectivity index (χ4n) is 3.86. The van der Waals surface area contributed by atoms with Crippen LogP contribution in [0.2, 0.25) is 0 Å². The number of nitrogens with one attached hydrogen (secondary N) is 1. The highest BCUT2D eigenvalue weighted by molar-refractivity contribution is 5.95. The number of anilines is 2. The Hall–Kier alpha value is -3.61.